The second-order valence-electron chi connectivity index (χ2n) is 4.46. The van der Waals surface area contributed by atoms with Crippen molar-refractivity contribution in [2.75, 3.05) is 7.11 Å². The Hall–Kier alpha value is -2.69. The van der Waals surface area contributed by atoms with Gasteiger partial charge in [-0.15, -0.1) is 6.58 Å². The van der Waals surface area contributed by atoms with Crippen molar-refractivity contribution < 1.29 is 14.3 Å². The molecular formula is C16H16N2O3. The first-order valence-electron chi connectivity index (χ1n) is 6.51. The van der Waals surface area contributed by atoms with E-state index in [-0.39, 0.29) is 5.69 Å². The zero-order valence-corrected chi connectivity index (χ0v) is 11.7. The van der Waals surface area contributed by atoms with Crippen LogP contribution in [0, 0.1) is 0 Å². The van der Waals surface area contributed by atoms with Crippen molar-refractivity contribution in [2.24, 2.45) is 0 Å². The number of benzene rings is 1. The number of ether oxygens (including phenoxy) is 1. The van der Waals surface area contributed by atoms with E-state index >= 15 is 0 Å². The summed E-state index contributed by atoms with van der Waals surface area (Å²) in [5.74, 6) is -0.929. The molecule has 0 aliphatic heterocycles. The molecule has 2 aromatic rings. The van der Waals surface area contributed by atoms with Crippen molar-refractivity contribution in [1.29, 1.82) is 0 Å². The molecule has 0 bridgehead atoms. The molecule has 5 nitrogen and oxygen atoms in total. The van der Waals surface area contributed by atoms with Gasteiger partial charge in [0, 0.05) is 5.39 Å². The van der Waals surface area contributed by atoms with E-state index in [1.54, 1.807) is 12.1 Å². The molecule has 0 saturated heterocycles. The number of fused-ring (bicyclic) bond motifs is 1. The number of nitrogens with one attached hydrogen (secondary N) is 1. The Balaban J connectivity index is 2.20. The van der Waals surface area contributed by atoms with Gasteiger partial charge in [0.15, 0.2) is 0 Å². The summed E-state index contributed by atoms with van der Waals surface area (Å²) in [6.45, 7) is 3.56. The van der Waals surface area contributed by atoms with Gasteiger partial charge in [-0.3, -0.25) is 4.79 Å². The van der Waals surface area contributed by atoms with Crippen molar-refractivity contribution in [3.8, 4) is 0 Å². The minimum absolute atomic E-state index is 0.256. The van der Waals surface area contributed by atoms with E-state index in [9.17, 15) is 9.59 Å². The Bertz CT molecular complexity index is 682. The van der Waals surface area contributed by atoms with Gasteiger partial charge < -0.3 is 10.1 Å². The topological polar surface area (TPSA) is 68.3 Å². The number of para-hydroxylation sites is 1. The summed E-state index contributed by atoms with van der Waals surface area (Å²) in [6, 6.07) is 10.2. The number of carbonyl (C=O) groups excluding carboxylic acids is 2. The third-order valence-corrected chi connectivity index (χ3v) is 3.02. The third-order valence-electron chi connectivity index (χ3n) is 3.02. The number of methoxy groups -OCH3 is 1. The number of rotatable bonds is 5. The maximum Gasteiger partial charge on any atom is 0.328 e. The zero-order valence-electron chi connectivity index (χ0n) is 11.7. The summed E-state index contributed by atoms with van der Waals surface area (Å²) in [7, 11) is 1.28. The first-order chi connectivity index (χ1) is 10.2. The van der Waals surface area contributed by atoms with Crippen LogP contribution in [-0.2, 0) is 9.53 Å². The minimum atomic E-state index is -0.756. The second kappa shape index (κ2) is 6.65. The summed E-state index contributed by atoms with van der Waals surface area (Å²) >= 11 is 0. The molecule has 1 aromatic heterocycles. The Labute approximate surface area is 122 Å². The molecule has 5 heteroatoms. The Morgan fingerprint density at radius 2 is 2.10 bits per heavy atom. The number of aromatic nitrogens is 1. The Morgan fingerprint density at radius 3 is 2.81 bits per heavy atom. The number of nitrogens with zero attached hydrogens (tertiary/aromatic N) is 1. The van der Waals surface area contributed by atoms with E-state index < -0.39 is 17.9 Å². The quantitative estimate of drug-likeness (QED) is 0.674. The average Bonchev–Trinajstić information content (AvgIpc) is 2.53. The standard InChI is InChI=1S/C16H16N2O3/c1-3-6-14(16(20)21-2)18-15(19)13-10-9-11-7-4-5-8-12(11)17-13/h3-5,7-10,14H,1,6H2,2H3,(H,18,19)/t14-/m0/s1. The molecule has 1 heterocycles. The molecule has 21 heavy (non-hydrogen) atoms. The van der Waals surface area contributed by atoms with Crippen molar-refractivity contribution in [2.45, 2.75) is 12.5 Å². The molecule has 0 aliphatic carbocycles. The van der Waals surface area contributed by atoms with Gasteiger partial charge in [-0.05, 0) is 18.6 Å². The lowest BCUT2D eigenvalue weighted by Crippen LogP contribution is -2.41. The van der Waals surface area contributed by atoms with Crippen LogP contribution < -0.4 is 5.32 Å². The highest BCUT2D eigenvalue weighted by atomic mass is 16.5. The molecule has 0 spiro atoms. The summed E-state index contributed by atoms with van der Waals surface area (Å²) in [4.78, 5) is 28.0. The van der Waals surface area contributed by atoms with E-state index in [0.29, 0.717) is 6.42 Å². The molecule has 2 rings (SSSR count). The van der Waals surface area contributed by atoms with Crippen LogP contribution in [0.15, 0.2) is 49.1 Å². The molecule has 0 fully saturated rings. The number of hydrogen-bond donors (Lipinski definition) is 1. The first-order valence-corrected chi connectivity index (χ1v) is 6.51. The highest BCUT2D eigenvalue weighted by Crippen LogP contribution is 2.12. The third kappa shape index (κ3) is 3.45. The van der Waals surface area contributed by atoms with Gasteiger partial charge in [0.2, 0.25) is 0 Å². The second-order valence-corrected chi connectivity index (χ2v) is 4.46. The molecule has 1 atom stereocenters. The maximum absolute atomic E-state index is 12.2. The van der Waals surface area contributed by atoms with Gasteiger partial charge in [0.05, 0.1) is 12.6 Å². The Kier molecular flexibility index (Phi) is 4.66. The molecule has 1 N–H and O–H groups in total. The molecule has 108 valence electrons. The number of hydrogen-bond acceptors (Lipinski definition) is 4. The minimum Gasteiger partial charge on any atom is -0.467 e. The normalized spacial score (nSPS) is 11.7. The lowest BCUT2D eigenvalue weighted by Gasteiger charge is -2.14. The summed E-state index contributed by atoms with van der Waals surface area (Å²) < 4.78 is 4.65. The van der Waals surface area contributed by atoms with E-state index in [0.717, 1.165) is 10.9 Å². The van der Waals surface area contributed by atoms with E-state index in [1.807, 2.05) is 30.3 Å². The van der Waals surface area contributed by atoms with Crippen LogP contribution in [0.1, 0.15) is 16.9 Å². The number of pyridine rings is 1. The number of esters is 1. The van der Waals surface area contributed by atoms with Crippen molar-refractivity contribution in [3.63, 3.8) is 0 Å². The fraction of sp³-hybridized carbons (Fsp3) is 0.188. The monoisotopic (exact) mass is 284 g/mol. The number of amides is 1. The van der Waals surface area contributed by atoms with Crippen LogP contribution in [-0.4, -0.2) is 30.0 Å². The highest BCUT2D eigenvalue weighted by Gasteiger charge is 2.21. The molecule has 1 amide bonds. The molecular weight excluding hydrogens is 268 g/mol. The molecule has 0 saturated carbocycles. The fourth-order valence-electron chi connectivity index (χ4n) is 1.95. The molecule has 0 aliphatic rings. The van der Waals surface area contributed by atoms with Gasteiger partial charge in [0.1, 0.15) is 11.7 Å². The van der Waals surface area contributed by atoms with Crippen LogP contribution >= 0.6 is 0 Å². The first kappa shape index (κ1) is 14.7. The van der Waals surface area contributed by atoms with E-state index in [1.165, 1.54) is 7.11 Å². The Morgan fingerprint density at radius 1 is 1.33 bits per heavy atom. The van der Waals surface area contributed by atoms with Crippen LogP contribution in [0.25, 0.3) is 10.9 Å². The van der Waals surface area contributed by atoms with Crippen molar-refractivity contribution in [3.05, 3.63) is 54.7 Å². The highest BCUT2D eigenvalue weighted by molar-refractivity contribution is 5.97. The van der Waals surface area contributed by atoms with Gasteiger partial charge in [-0.1, -0.05) is 30.3 Å². The largest absolute Gasteiger partial charge is 0.467 e. The molecule has 0 radical (unpaired) electrons. The van der Waals surface area contributed by atoms with Crippen molar-refractivity contribution >= 4 is 22.8 Å². The molecule has 1 aromatic carbocycles. The van der Waals surface area contributed by atoms with Gasteiger partial charge in [0.25, 0.3) is 5.91 Å². The maximum atomic E-state index is 12.2. The average molecular weight is 284 g/mol. The van der Waals surface area contributed by atoms with Gasteiger partial charge in [-0.25, -0.2) is 9.78 Å². The SMILES string of the molecule is C=CC[C@H](NC(=O)c1ccc2ccccc2n1)C(=O)OC. The lowest BCUT2D eigenvalue weighted by atomic mass is 10.1. The van der Waals surface area contributed by atoms with Gasteiger partial charge in [-0.2, -0.15) is 0 Å². The zero-order chi connectivity index (χ0) is 15.2. The van der Waals surface area contributed by atoms with Crippen LogP contribution in [0.2, 0.25) is 0 Å². The summed E-state index contributed by atoms with van der Waals surface area (Å²) in [5, 5.41) is 3.55. The lowest BCUT2D eigenvalue weighted by molar-refractivity contribution is -0.142. The van der Waals surface area contributed by atoms with E-state index in [2.05, 4.69) is 21.6 Å². The summed E-state index contributed by atoms with van der Waals surface area (Å²) in [5.41, 5.74) is 0.982. The smallest absolute Gasteiger partial charge is 0.328 e. The van der Waals surface area contributed by atoms with Crippen LogP contribution in [0.5, 0.6) is 0 Å². The van der Waals surface area contributed by atoms with E-state index in [4.69, 9.17) is 0 Å². The predicted molar refractivity (Wildman–Crippen MR) is 79.8 cm³/mol. The van der Waals surface area contributed by atoms with Gasteiger partial charge >= 0.3 is 5.97 Å². The predicted octanol–water partition coefficient (Wildman–Crippen LogP) is 2.08. The van der Waals surface area contributed by atoms with Crippen LogP contribution in [0.3, 0.4) is 0 Å². The fourth-order valence-corrected chi connectivity index (χ4v) is 1.95. The summed E-state index contributed by atoms with van der Waals surface area (Å²) in [6.07, 6.45) is 1.85. The van der Waals surface area contributed by atoms with Crippen LogP contribution in [0.4, 0.5) is 0 Å². The molecule has 0 unspecified atom stereocenters. The van der Waals surface area contributed by atoms with Crippen molar-refractivity contribution in [1.82, 2.24) is 10.3 Å². The number of carbonyl (C=O) groups is 2.